The van der Waals surface area contributed by atoms with E-state index >= 15 is 0 Å². The van der Waals surface area contributed by atoms with Crippen molar-refractivity contribution in [1.82, 2.24) is 0 Å². The van der Waals surface area contributed by atoms with Gasteiger partial charge in [0, 0.05) is 7.11 Å². The molecule has 0 saturated heterocycles. The van der Waals surface area contributed by atoms with Crippen LogP contribution in [0.2, 0.25) is 19.6 Å². The summed E-state index contributed by atoms with van der Waals surface area (Å²) in [5.74, 6) is 0.204. The summed E-state index contributed by atoms with van der Waals surface area (Å²) < 4.78 is 25.5. The van der Waals surface area contributed by atoms with Crippen molar-refractivity contribution in [2.45, 2.75) is 19.6 Å². The molecule has 0 radical (unpaired) electrons. The molecule has 0 atom stereocenters. The molecular weight excluding hydrogens is 228 g/mol. The van der Waals surface area contributed by atoms with E-state index in [2.05, 4.69) is 26.2 Å². The van der Waals surface area contributed by atoms with Crippen LogP contribution < -0.4 is 0 Å². The summed E-state index contributed by atoms with van der Waals surface area (Å²) >= 11 is 0. The van der Waals surface area contributed by atoms with Gasteiger partial charge >= 0.3 is 0 Å². The minimum absolute atomic E-state index is 0.106. The van der Waals surface area contributed by atoms with Crippen LogP contribution in [0.3, 0.4) is 0 Å². The second-order valence-corrected chi connectivity index (χ2v) is 8.57. The zero-order valence-corrected chi connectivity index (χ0v) is 11.6. The van der Waals surface area contributed by atoms with Gasteiger partial charge in [0.2, 0.25) is 0 Å². The van der Waals surface area contributed by atoms with Crippen molar-refractivity contribution in [2.24, 2.45) is 0 Å². The monoisotopic (exact) mass is 250 g/mol. The Kier molecular flexibility index (Phi) is 8.27. The van der Waals surface area contributed by atoms with Crippen molar-refractivity contribution in [3.8, 4) is 0 Å². The molecule has 0 heterocycles. The number of ether oxygens (including phenoxy) is 4. The molecule has 0 bridgehead atoms. The van der Waals surface area contributed by atoms with Crippen LogP contribution in [0.5, 0.6) is 0 Å². The molecule has 16 heavy (non-hydrogen) atoms. The Morgan fingerprint density at radius 3 is 2.25 bits per heavy atom. The highest BCUT2D eigenvalue weighted by Gasteiger charge is 2.14. The average Bonchev–Trinajstić information content (AvgIpc) is 2.15. The molecule has 0 rings (SSSR count). The minimum Gasteiger partial charge on any atom is -0.440 e. The minimum atomic E-state index is -1.54. The Morgan fingerprint density at radius 1 is 1.06 bits per heavy atom. The van der Waals surface area contributed by atoms with Gasteiger partial charge in [0.25, 0.3) is 5.95 Å². The SMILES string of the molecule is C=C(OCOCCOC)OCO[Si](C)(C)C. The van der Waals surface area contributed by atoms with Gasteiger partial charge in [0.05, 0.1) is 13.2 Å². The number of methoxy groups -OCH3 is 1. The topological polar surface area (TPSA) is 46.2 Å². The van der Waals surface area contributed by atoms with E-state index in [0.29, 0.717) is 13.2 Å². The maximum Gasteiger partial charge on any atom is 0.275 e. The maximum absolute atomic E-state index is 5.46. The molecule has 0 aromatic carbocycles. The van der Waals surface area contributed by atoms with Crippen molar-refractivity contribution < 1.29 is 23.4 Å². The zero-order chi connectivity index (χ0) is 12.4. The average molecular weight is 250 g/mol. The van der Waals surface area contributed by atoms with Crippen LogP contribution in [0, 0.1) is 0 Å². The molecule has 0 aliphatic carbocycles. The molecule has 0 N–H and O–H groups in total. The number of hydrogen-bond donors (Lipinski definition) is 0. The van der Waals surface area contributed by atoms with Gasteiger partial charge in [0.1, 0.15) is 0 Å². The molecule has 0 aliphatic heterocycles. The quantitative estimate of drug-likeness (QED) is 0.256. The largest absolute Gasteiger partial charge is 0.440 e. The molecule has 0 spiro atoms. The lowest BCUT2D eigenvalue weighted by atomic mass is 10.8. The molecule has 6 heteroatoms. The first-order valence-corrected chi connectivity index (χ1v) is 8.51. The maximum atomic E-state index is 5.46. The highest BCUT2D eigenvalue weighted by Crippen LogP contribution is 2.04. The molecule has 0 unspecified atom stereocenters. The van der Waals surface area contributed by atoms with Crippen LogP contribution in [0.15, 0.2) is 12.5 Å². The number of hydrogen-bond acceptors (Lipinski definition) is 5. The van der Waals surface area contributed by atoms with E-state index in [1.54, 1.807) is 7.11 Å². The third kappa shape index (κ3) is 11.5. The fourth-order valence-electron chi connectivity index (χ4n) is 0.622. The molecule has 0 amide bonds. The van der Waals surface area contributed by atoms with Crippen molar-refractivity contribution in [3.63, 3.8) is 0 Å². The third-order valence-electron chi connectivity index (χ3n) is 1.45. The molecule has 5 nitrogen and oxygen atoms in total. The highest BCUT2D eigenvalue weighted by molar-refractivity contribution is 6.69. The first-order chi connectivity index (χ1) is 7.45. The Labute approximate surface area is 98.4 Å². The molecule has 0 aromatic heterocycles. The summed E-state index contributed by atoms with van der Waals surface area (Å²) in [4.78, 5) is 0. The Bertz CT molecular complexity index is 190. The first kappa shape index (κ1) is 15.4. The molecular formula is C10H22O5Si. The Balaban J connectivity index is 3.32. The van der Waals surface area contributed by atoms with E-state index in [1.165, 1.54) is 0 Å². The highest BCUT2D eigenvalue weighted by atomic mass is 28.4. The third-order valence-corrected chi connectivity index (χ3v) is 2.43. The fourth-order valence-corrected chi connectivity index (χ4v) is 1.03. The summed E-state index contributed by atoms with van der Waals surface area (Å²) in [6.07, 6.45) is 0. The lowest BCUT2D eigenvalue weighted by molar-refractivity contribution is -0.100. The van der Waals surface area contributed by atoms with Crippen molar-refractivity contribution in [3.05, 3.63) is 12.5 Å². The van der Waals surface area contributed by atoms with E-state index in [-0.39, 0.29) is 19.5 Å². The first-order valence-electron chi connectivity index (χ1n) is 5.11. The van der Waals surface area contributed by atoms with Gasteiger partial charge in [-0.1, -0.05) is 0 Å². The summed E-state index contributed by atoms with van der Waals surface area (Å²) in [5, 5.41) is 0. The smallest absolute Gasteiger partial charge is 0.275 e. The van der Waals surface area contributed by atoms with Crippen LogP contribution in [-0.2, 0) is 23.4 Å². The van der Waals surface area contributed by atoms with Crippen molar-refractivity contribution in [2.75, 3.05) is 33.9 Å². The Morgan fingerprint density at radius 2 is 1.69 bits per heavy atom. The lowest BCUT2D eigenvalue weighted by Crippen LogP contribution is -2.26. The van der Waals surface area contributed by atoms with Gasteiger partial charge in [-0.25, -0.2) is 0 Å². The van der Waals surface area contributed by atoms with Crippen molar-refractivity contribution >= 4 is 8.32 Å². The van der Waals surface area contributed by atoms with Gasteiger partial charge in [-0.2, -0.15) is 0 Å². The van der Waals surface area contributed by atoms with E-state index in [0.717, 1.165) is 0 Å². The second-order valence-electron chi connectivity index (χ2n) is 4.05. The van der Waals surface area contributed by atoms with Crippen LogP contribution in [0.1, 0.15) is 0 Å². The van der Waals surface area contributed by atoms with Gasteiger partial charge in [0.15, 0.2) is 21.9 Å². The predicted molar refractivity (Wildman–Crippen MR) is 63.3 cm³/mol. The second kappa shape index (κ2) is 8.57. The summed E-state index contributed by atoms with van der Waals surface area (Å²) in [7, 11) is 0.0687. The van der Waals surface area contributed by atoms with Crippen LogP contribution in [0.4, 0.5) is 0 Å². The van der Waals surface area contributed by atoms with E-state index < -0.39 is 8.32 Å². The van der Waals surface area contributed by atoms with Crippen LogP contribution >= 0.6 is 0 Å². The lowest BCUT2D eigenvalue weighted by Gasteiger charge is -2.18. The fraction of sp³-hybridized carbons (Fsp3) is 0.800. The molecule has 0 aliphatic rings. The number of rotatable bonds is 10. The molecule has 0 fully saturated rings. The standard InChI is InChI=1S/C10H22O5Si/c1-10(13-8-12-7-6-11-2)14-9-15-16(3,4)5/h1,6-9H2,2-5H3. The van der Waals surface area contributed by atoms with Crippen LogP contribution in [-0.4, -0.2) is 42.2 Å². The predicted octanol–water partition coefficient (Wildman–Crippen LogP) is 1.92. The van der Waals surface area contributed by atoms with E-state index in [1.807, 2.05) is 0 Å². The van der Waals surface area contributed by atoms with Gasteiger partial charge in [-0.3, -0.25) is 0 Å². The summed E-state index contributed by atoms with van der Waals surface area (Å²) in [6.45, 7) is 11.1. The molecule has 0 saturated carbocycles. The van der Waals surface area contributed by atoms with Crippen LogP contribution in [0.25, 0.3) is 0 Å². The molecule has 0 aromatic rings. The Hall–Kier alpha value is -0.563. The van der Waals surface area contributed by atoms with Crippen molar-refractivity contribution in [1.29, 1.82) is 0 Å². The van der Waals surface area contributed by atoms with Gasteiger partial charge < -0.3 is 23.4 Å². The van der Waals surface area contributed by atoms with Gasteiger partial charge in [-0.15, -0.1) is 0 Å². The normalized spacial score (nSPS) is 11.2. The zero-order valence-electron chi connectivity index (χ0n) is 10.6. The summed E-state index contributed by atoms with van der Waals surface area (Å²) in [6, 6.07) is 0. The summed E-state index contributed by atoms with van der Waals surface area (Å²) in [5.41, 5.74) is 0. The van der Waals surface area contributed by atoms with E-state index in [4.69, 9.17) is 23.4 Å². The van der Waals surface area contributed by atoms with E-state index in [9.17, 15) is 0 Å². The molecule has 96 valence electrons. The van der Waals surface area contributed by atoms with Gasteiger partial charge in [-0.05, 0) is 26.2 Å².